The van der Waals surface area contributed by atoms with Gasteiger partial charge in [0.1, 0.15) is 18.5 Å². The van der Waals surface area contributed by atoms with E-state index in [1.165, 1.54) is 0 Å². The number of benzene rings is 1. The number of aromatic nitrogens is 2. The largest absolute Gasteiger partial charge is 0.489 e. The average molecular weight is 280 g/mol. The molecule has 4 nitrogen and oxygen atoms in total. The van der Waals surface area contributed by atoms with Crippen molar-refractivity contribution in [1.29, 1.82) is 0 Å². The lowest BCUT2D eigenvalue weighted by atomic mass is 10.2. The number of para-hydroxylation sites is 1. The van der Waals surface area contributed by atoms with Crippen LogP contribution in [0.15, 0.2) is 49.3 Å². The first-order valence-electron chi connectivity index (χ1n) is 6.55. The summed E-state index contributed by atoms with van der Waals surface area (Å²) in [5, 5.41) is 9.13. The van der Waals surface area contributed by atoms with Crippen LogP contribution in [0.25, 0.3) is 11.4 Å². The van der Waals surface area contributed by atoms with E-state index in [2.05, 4.69) is 28.4 Å². The standard InChI is InChI=1S/C17H16N2O2/c1-3-10-21-16-7-5-4-6-15(16)17-18-11-14(12-19-17)9-8-13(2)20/h3-7,11-13,20H,1,10H2,2H3. The maximum Gasteiger partial charge on any atom is 0.162 e. The van der Waals surface area contributed by atoms with Gasteiger partial charge in [0.15, 0.2) is 5.82 Å². The van der Waals surface area contributed by atoms with Crippen molar-refractivity contribution in [3.05, 3.63) is 54.9 Å². The molecule has 0 aliphatic carbocycles. The lowest BCUT2D eigenvalue weighted by Gasteiger charge is -2.08. The van der Waals surface area contributed by atoms with Crippen LogP contribution in [0.2, 0.25) is 0 Å². The van der Waals surface area contributed by atoms with Crippen LogP contribution in [0.3, 0.4) is 0 Å². The monoisotopic (exact) mass is 280 g/mol. The topological polar surface area (TPSA) is 55.2 Å². The van der Waals surface area contributed by atoms with Crippen molar-refractivity contribution in [2.45, 2.75) is 13.0 Å². The van der Waals surface area contributed by atoms with Crippen LogP contribution >= 0.6 is 0 Å². The Morgan fingerprint density at radius 1 is 1.33 bits per heavy atom. The molecule has 0 saturated heterocycles. The molecule has 106 valence electrons. The molecule has 1 N–H and O–H groups in total. The number of rotatable bonds is 4. The molecule has 0 spiro atoms. The van der Waals surface area contributed by atoms with E-state index in [9.17, 15) is 0 Å². The maximum atomic E-state index is 9.13. The predicted molar refractivity (Wildman–Crippen MR) is 81.7 cm³/mol. The zero-order valence-electron chi connectivity index (χ0n) is 11.8. The summed E-state index contributed by atoms with van der Waals surface area (Å²) in [7, 11) is 0. The second kappa shape index (κ2) is 7.22. The fourth-order valence-electron chi connectivity index (χ4n) is 1.65. The van der Waals surface area contributed by atoms with Gasteiger partial charge in [-0.05, 0) is 19.1 Å². The Hall–Kier alpha value is -2.64. The van der Waals surface area contributed by atoms with Crippen LogP contribution in [0.1, 0.15) is 12.5 Å². The summed E-state index contributed by atoms with van der Waals surface area (Å²) in [6.45, 7) is 5.66. The van der Waals surface area contributed by atoms with Gasteiger partial charge in [0.2, 0.25) is 0 Å². The molecule has 1 aromatic heterocycles. The molecule has 0 amide bonds. The highest BCUT2D eigenvalue weighted by atomic mass is 16.5. The molecule has 0 saturated carbocycles. The summed E-state index contributed by atoms with van der Waals surface area (Å²) < 4.78 is 5.59. The van der Waals surface area contributed by atoms with Gasteiger partial charge >= 0.3 is 0 Å². The van der Waals surface area contributed by atoms with Crippen molar-refractivity contribution in [2.75, 3.05) is 6.61 Å². The summed E-state index contributed by atoms with van der Waals surface area (Å²) in [5.74, 6) is 6.73. The molecule has 1 unspecified atom stereocenters. The van der Waals surface area contributed by atoms with Gasteiger partial charge in [0.05, 0.1) is 11.1 Å². The molecule has 1 heterocycles. The van der Waals surface area contributed by atoms with Crippen molar-refractivity contribution in [3.63, 3.8) is 0 Å². The van der Waals surface area contributed by atoms with Gasteiger partial charge in [0.25, 0.3) is 0 Å². The molecule has 0 aliphatic rings. The number of hydrogen-bond acceptors (Lipinski definition) is 4. The molecule has 2 aromatic rings. The third-order valence-corrected chi connectivity index (χ3v) is 2.56. The number of hydrogen-bond donors (Lipinski definition) is 1. The molecule has 1 atom stereocenters. The average Bonchev–Trinajstić information content (AvgIpc) is 2.52. The lowest BCUT2D eigenvalue weighted by Crippen LogP contribution is -1.97. The van der Waals surface area contributed by atoms with E-state index in [1.54, 1.807) is 25.4 Å². The number of ether oxygens (including phenoxy) is 1. The van der Waals surface area contributed by atoms with E-state index in [4.69, 9.17) is 9.84 Å². The minimum Gasteiger partial charge on any atom is -0.489 e. The lowest BCUT2D eigenvalue weighted by molar-refractivity contribution is 0.253. The Balaban J connectivity index is 2.27. The van der Waals surface area contributed by atoms with Gasteiger partial charge < -0.3 is 9.84 Å². The zero-order chi connectivity index (χ0) is 15.1. The van der Waals surface area contributed by atoms with Crippen molar-refractivity contribution in [2.24, 2.45) is 0 Å². The SMILES string of the molecule is C=CCOc1ccccc1-c1ncc(C#CC(C)O)cn1. The first-order valence-corrected chi connectivity index (χ1v) is 6.55. The smallest absolute Gasteiger partial charge is 0.162 e. The van der Waals surface area contributed by atoms with Gasteiger partial charge in [-0.1, -0.05) is 36.6 Å². The fourth-order valence-corrected chi connectivity index (χ4v) is 1.65. The molecule has 0 fully saturated rings. The van der Waals surface area contributed by atoms with E-state index in [0.717, 1.165) is 5.56 Å². The molecule has 0 radical (unpaired) electrons. The van der Waals surface area contributed by atoms with Crippen molar-refractivity contribution >= 4 is 0 Å². The zero-order valence-corrected chi connectivity index (χ0v) is 11.8. The molecular formula is C17H16N2O2. The third kappa shape index (κ3) is 4.16. The maximum absolute atomic E-state index is 9.13. The second-order valence-corrected chi connectivity index (χ2v) is 4.34. The summed E-state index contributed by atoms with van der Waals surface area (Å²) in [5.41, 5.74) is 1.47. The van der Waals surface area contributed by atoms with Gasteiger partial charge in [0, 0.05) is 12.4 Å². The molecular weight excluding hydrogens is 264 g/mol. The number of aliphatic hydroxyl groups excluding tert-OH is 1. The van der Waals surface area contributed by atoms with Gasteiger partial charge in [-0.3, -0.25) is 0 Å². The predicted octanol–water partition coefficient (Wildman–Crippen LogP) is 2.44. The van der Waals surface area contributed by atoms with E-state index in [-0.39, 0.29) is 0 Å². The quantitative estimate of drug-likeness (QED) is 0.690. The van der Waals surface area contributed by atoms with E-state index >= 15 is 0 Å². The third-order valence-electron chi connectivity index (χ3n) is 2.56. The van der Waals surface area contributed by atoms with Crippen LogP contribution in [0.4, 0.5) is 0 Å². The Bertz CT molecular complexity index is 667. The highest BCUT2D eigenvalue weighted by molar-refractivity contribution is 5.64. The van der Waals surface area contributed by atoms with Crippen LogP contribution in [-0.2, 0) is 0 Å². The second-order valence-electron chi connectivity index (χ2n) is 4.34. The van der Waals surface area contributed by atoms with Crippen LogP contribution < -0.4 is 4.74 Å². The highest BCUT2D eigenvalue weighted by Crippen LogP contribution is 2.26. The van der Waals surface area contributed by atoms with Crippen LogP contribution in [0, 0.1) is 11.8 Å². The van der Waals surface area contributed by atoms with Crippen LogP contribution in [0.5, 0.6) is 5.75 Å². The summed E-state index contributed by atoms with van der Waals surface area (Å²) in [6.07, 6.45) is 4.27. The molecule has 0 bridgehead atoms. The molecule has 4 heteroatoms. The van der Waals surface area contributed by atoms with E-state index < -0.39 is 6.10 Å². The fraction of sp³-hybridized carbons (Fsp3) is 0.176. The van der Waals surface area contributed by atoms with Gasteiger partial charge in [-0.2, -0.15) is 0 Å². The van der Waals surface area contributed by atoms with E-state index in [1.807, 2.05) is 24.3 Å². The molecule has 1 aromatic carbocycles. The minimum absolute atomic E-state index is 0.426. The Morgan fingerprint density at radius 2 is 2.05 bits per heavy atom. The summed E-state index contributed by atoms with van der Waals surface area (Å²) >= 11 is 0. The molecule has 21 heavy (non-hydrogen) atoms. The minimum atomic E-state index is -0.669. The number of aliphatic hydroxyl groups is 1. The first-order chi connectivity index (χ1) is 10.2. The molecule has 2 rings (SSSR count). The van der Waals surface area contributed by atoms with Crippen molar-refractivity contribution < 1.29 is 9.84 Å². The van der Waals surface area contributed by atoms with Crippen LogP contribution in [-0.4, -0.2) is 27.8 Å². The van der Waals surface area contributed by atoms with E-state index in [0.29, 0.717) is 23.7 Å². The highest BCUT2D eigenvalue weighted by Gasteiger charge is 2.07. The van der Waals surface area contributed by atoms with Crippen molar-refractivity contribution in [1.82, 2.24) is 9.97 Å². The Kier molecular flexibility index (Phi) is 5.08. The molecule has 0 aliphatic heterocycles. The first kappa shape index (κ1) is 14.8. The summed E-state index contributed by atoms with van der Waals surface area (Å²) in [4.78, 5) is 8.59. The Morgan fingerprint density at radius 3 is 2.71 bits per heavy atom. The van der Waals surface area contributed by atoms with Crippen molar-refractivity contribution in [3.8, 4) is 29.0 Å². The Labute approximate surface area is 124 Å². The number of nitrogens with zero attached hydrogens (tertiary/aromatic N) is 2. The van der Waals surface area contributed by atoms with Gasteiger partial charge in [-0.15, -0.1) is 0 Å². The normalized spacial score (nSPS) is 11.1. The summed E-state index contributed by atoms with van der Waals surface area (Å²) in [6, 6.07) is 7.56. The van der Waals surface area contributed by atoms with Gasteiger partial charge in [-0.25, -0.2) is 9.97 Å².